The smallest absolute Gasteiger partial charge is 0.343 e. The van der Waals surface area contributed by atoms with Gasteiger partial charge in [0.05, 0.1) is 52.7 Å². The van der Waals surface area contributed by atoms with Crippen LogP contribution in [0.3, 0.4) is 0 Å². The van der Waals surface area contributed by atoms with Crippen molar-refractivity contribution in [1.29, 1.82) is 0 Å². The minimum absolute atomic E-state index is 0.0629. The number of benzene rings is 4. The highest BCUT2D eigenvalue weighted by molar-refractivity contribution is 5.80. The molecule has 0 radical (unpaired) electrons. The summed E-state index contributed by atoms with van der Waals surface area (Å²) in [5.74, 6) is -1.69. The van der Waals surface area contributed by atoms with Crippen LogP contribution < -0.4 is 18.9 Å². The van der Waals surface area contributed by atoms with Gasteiger partial charge in [0, 0.05) is 0 Å². The van der Waals surface area contributed by atoms with E-state index in [0.29, 0.717) is 29.1 Å². The second kappa shape index (κ2) is 25.3. The standard InChI is InChI=1S/C9H8O5.2C9H10O4.C8H8O4.C6H12N4/c10-4-6-3-7(1-2-8(6)11)14-5-9(12)13;1-12-9(11)6-13-8-4-2-7(10)3-5-8;1-6-4-7(2-3-8(6)10)13-5-9(11)12;9-6-1-3-7(4-2-6)12-5-8(10)11;1-7-2-9-4-8(1)5-10(3-7)6-9/h1-4,11H,5H2,(H,12,13);2-5,10H,6H2,1H3;2-4,10H,5H2,1H3,(H,11,12);1-4,9H,5H2,(H,10,11);1-6H2. The Bertz CT molecular complexity index is 2010. The Hall–Kier alpha value is -7.33. The topological polar surface area (TPSA) is 286 Å². The van der Waals surface area contributed by atoms with Gasteiger partial charge >= 0.3 is 23.9 Å². The summed E-state index contributed by atoms with van der Waals surface area (Å²) >= 11 is 0. The number of methoxy groups -OCH3 is 1. The second-order valence-corrected chi connectivity index (χ2v) is 13.2. The van der Waals surface area contributed by atoms with Gasteiger partial charge in [-0.2, -0.15) is 0 Å². The number of carboxylic acids is 3. The zero-order valence-electron chi connectivity index (χ0n) is 33.7. The van der Waals surface area contributed by atoms with E-state index in [-0.39, 0.29) is 54.1 Å². The molecule has 4 fully saturated rings. The molecular weight excluding hydrogens is 820 g/mol. The van der Waals surface area contributed by atoms with Gasteiger partial charge in [0.15, 0.2) is 32.7 Å². The molecule has 334 valence electrons. The Balaban J connectivity index is 0.000000207. The highest BCUT2D eigenvalue weighted by Crippen LogP contribution is 2.23. The van der Waals surface area contributed by atoms with Crippen LogP contribution in [0.1, 0.15) is 15.9 Å². The first-order chi connectivity index (χ1) is 29.5. The third-order valence-electron chi connectivity index (χ3n) is 8.04. The number of hydrogen-bond donors (Lipinski definition) is 7. The number of phenols is 4. The van der Waals surface area contributed by atoms with Crippen LogP contribution in [0.2, 0.25) is 0 Å². The molecule has 0 atom stereocenters. The first-order valence-electron chi connectivity index (χ1n) is 18.3. The van der Waals surface area contributed by atoms with Gasteiger partial charge in [-0.15, -0.1) is 0 Å². The molecule has 4 aliphatic rings. The summed E-state index contributed by atoms with van der Waals surface area (Å²) in [6.45, 7) is 7.49. The van der Waals surface area contributed by atoms with E-state index in [1.54, 1.807) is 25.1 Å². The highest BCUT2D eigenvalue weighted by Gasteiger charge is 2.36. The van der Waals surface area contributed by atoms with Crippen molar-refractivity contribution in [3.8, 4) is 46.0 Å². The molecule has 8 rings (SSSR count). The van der Waals surface area contributed by atoms with Gasteiger partial charge < -0.3 is 59.4 Å². The molecule has 4 aliphatic heterocycles. The lowest BCUT2D eigenvalue weighted by Crippen LogP contribution is -2.71. The highest BCUT2D eigenvalue weighted by atomic mass is 16.6. The van der Waals surface area contributed by atoms with Crippen LogP contribution in [0.15, 0.2) is 84.9 Å². The maximum Gasteiger partial charge on any atom is 0.343 e. The van der Waals surface area contributed by atoms with E-state index in [9.17, 15) is 24.0 Å². The zero-order chi connectivity index (χ0) is 45.6. The van der Waals surface area contributed by atoms with Gasteiger partial charge in [-0.1, -0.05) is 0 Å². The van der Waals surface area contributed by atoms with Gasteiger partial charge in [0.25, 0.3) is 0 Å². The maximum absolute atomic E-state index is 10.7. The van der Waals surface area contributed by atoms with Crippen molar-refractivity contribution in [3.05, 3.63) is 96.1 Å². The molecule has 0 aromatic heterocycles. The van der Waals surface area contributed by atoms with Crippen molar-refractivity contribution < 1.29 is 83.4 Å². The average molecular weight is 869 g/mol. The predicted molar refractivity (Wildman–Crippen MR) is 216 cm³/mol. The fourth-order valence-electron chi connectivity index (χ4n) is 5.39. The number of carboxylic acid groups (broad SMARTS) is 3. The molecule has 0 unspecified atom stereocenters. The third kappa shape index (κ3) is 18.7. The molecule has 4 aromatic rings. The molecule has 0 amide bonds. The number of aldehydes is 1. The fraction of sp³-hybridized carbons (Fsp3) is 0.293. The van der Waals surface area contributed by atoms with E-state index in [0.717, 1.165) is 0 Å². The van der Waals surface area contributed by atoms with Crippen LogP contribution in [-0.4, -0.2) is 159 Å². The monoisotopic (exact) mass is 868 g/mol. The van der Waals surface area contributed by atoms with Crippen LogP contribution in [0.25, 0.3) is 0 Å². The summed E-state index contributed by atoms with van der Waals surface area (Å²) in [4.78, 5) is 61.3. The summed E-state index contributed by atoms with van der Waals surface area (Å²) in [7, 11) is 1.29. The minimum atomic E-state index is -1.11. The molecule has 4 heterocycles. The summed E-state index contributed by atoms with van der Waals surface area (Å²) in [6, 6.07) is 20.4. The fourth-order valence-corrected chi connectivity index (χ4v) is 5.39. The quantitative estimate of drug-likeness (QED) is 0.0751. The van der Waals surface area contributed by atoms with Gasteiger partial charge in [-0.05, 0) is 97.4 Å². The van der Waals surface area contributed by atoms with Crippen LogP contribution in [0, 0.1) is 6.92 Å². The van der Waals surface area contributed by atoms with Crippen molar-refractivity contribution in [2.24, 2.45) is 0 Å². The van der Waals surface area contributed by atoms with Crippen molar-refractivity contribution in [2.75, 3.05) is 73.5 Å². The van der Waals surface area contributed by atoms with Gasteiger partial charge in [0.2, 0.25) is 0 Å². The lowest BCUT2D eigenvalue weighted by Gasteiger charge is -2.56. The predicted octanol–water partition coefficient (Wildman–Crippen LogP) is 2.61. The van der Waals surface area contributed by atoms with E-state index in [1.165, 1.54) is 114 Å². The molecule has 7 N–H and O–H groups in total. The summed E-state index contributed by atoms with van der Waals surface area (Å²) in [5.41, 5.74) is 0.718. The molecule has 0 spiro atoms. The number of phenolic OH excluding ortho intramolecular Hbond substituents is 4. The Morgan fingerprint density at radius 1 is 0.516 bits per heavy atom. The third-order valence-corrected chi connectivity index (χ3v) is 8.04. The number of aliphatic carboxylic acids is 3. The Morgan fingerprint density at radius 3 is 1.21 bits per heavy atom. The Kier molecular flexibility index (Phi) is 20.0. The molecule has 21 heteroatoms. The molecule has 21 nitrogen and oxygen atoms in total. The van der Waals surface area contributed by atoms with Crippen LogP contribution in [0.5, 0.6) is 46.0 Å². The van der Waals surface area contributed by atoms with Gasteiger partial charge in [0.1, 0.15) is 46.0 Å². The summed E-state index contributed by atoms with van der Waals surface area (Å²) in [6.07, 6.45) is 0.461. The Morgan fingerprint density at radius 2 is 0.855 bits per heavy atom. The van der Waals surface area contributed by atoms with E-state index >= 15 is 0 Å². The van der Waals surface area contributed by atoms with Crippen LogP contribution >= 0.6 is 0 Å². The lowest BCUT2D eigenvalue weighted by atomic mass is 10.2. The molecule has 62 heavy (non-hydrogen) atoms. The number of carbonyl (C=O) groups is 5. The number of hydrogen-bond acceptors (Lipinski definition) is 18. The van der Waals surface area contributed by atoms with E-state index in [1.807, 2.05) is 0 Å². The molecule has 4 aromatic carbocycles. The normalized spacial score (nSPS) is 17.2. The number of aryl methyl sites for hydroxylation is 1. The largest absolute Gasteiger partial charge is 0.508 e. The first-order valence-corrected chi connectivity index (χ1v) is 18.3. The first kappa shape index (κ1) is 49.0. The van der Waals surface area contributed by atoms with Crippen LogP contribution in [-0.2, 0) is 23.9 Å². The number of rotatable bonds is 13. The second-order valence-electron chi connectivity index (χ2n) is 13.2. The number of carbonyl (C=O) groups excluding carboxylic acids is 2. The van der Waals surface area contributed by atoms with Gasteiger partial charge in [-0.3, -0.25) is 24.4 Å². The number of ether oxygens (including phenoxy) is 5. The maximum atomic E-state index is 10.7. The SMILES string of the molecule is C1N2CN3CN1CN(C2)C3.COC(=O)COc1ccc(O)cc1.Cc1cc(OCC(=O)O)ccc1O.O=C(O)COc1ccc(O)cc1.O=Cc1cc(OCC(=O)O)ccc1O. The van der Waals surface area contributed by atoms with E-state index in [4.69, 9.17) is 54.7 Å². The Labute approximate surface area is 355 Å². The van der Waals surface area contributed by atoms with Crippen molar-refractivity contribution in [1.82, 2.24) is 19.6 Å². The average Bonchev–Trinajstić information content (AvgIpc) is 3.23. The molecule has 0 aliphatic carbocycles. The molecule has 4 bridgehead atoms. The van der Waals surface area contributed by atoms with Gasteiger partial charge in [-0.25, -0.2) is 19.2 Å². The summed E-state index contributed by atoms with van der Waals surface area (Å²) < 4.78 is 23.9. The summed E-state index contributed by atoms with van der Waals surface area (Å²) in [5, 5.41) is 60.9. The molecule has 4 saturated heterocycles. The van der Waals surface area contributed by atoms with E-state index < -0.39 is 30.5 Å². The zero-order valence-corrected chi connectivity index (χ0v) is 33.7. The van der Waals surface area contributed by atoms with Crippen molar-refractivity contribution >= 4 is 30.2 Å². The van der Waals surface area contributed by atoms with E-state index in [2.05, 4.69) is 24.3 Å². The van der Waals surface area contributed by atoms with Crippen molar-refractivity contribution in [2.45, 2.75) is 6.92 Å². The number of nitrogens with zero attached hydrogens (tertiary/aromatic N) is 4. The van der Waals surface area contributed by atoms with Crippen LogP contribution in [0.4, 0.5) is 0 Å². The molecule has 0 saturated carbocycles. The minimum Gasteiger partial charge on any atom is -0.508 e. The molecular formula is C41H48N4O17. The van der Waals surface area contributed by atoms with Crippen molar-refractivity contribution in [3.63, 3.8) is 0 Å². The lowest BCUT2D eigenvalue weighted by molar-refractivity contribution is -0.194. The number of aromatic hydroxyl groups is 4. The number of esters is 1.